The third-order valence-corrected chi connectivity index (χ3v) is 7.98. The minimum Gasteiger partial charge on any atom is -0.507 e. The minimum absolute atomic E-state index is 0.0630. The number of phenolic OH excluding ortho intramolecular Hbond substituents is 1. The normalized spacial score (nSPS) is 16.1. The van der Waals surface area contributed by atoms with Crippen molar-refractivity contribution in [2.24, 2.45) is 0 Å². The Morgan fingerprint density at radius 1 is 1.21 bits per heavy atom. The van der Waals surface area contributed by atoms with E-state index in [-0.39, 0.29) is 40.9 Å². The highest BCUT2D eigenvalue weighted by Crippen LogP contribution is 2.42. The summed E-state index contributed by atoms with van der Waals surface area (Å²) in [6, 6.07) is 6.55. The van der Waals surface area contributed by atoms with Crippen molar-refractivity contribution in [3.05, 3.63) is 94.2 Å². The highest BCUT2D eigenvalue weighted by atomic mass is 19.1. The van der Waals surface area contributed by atoms with Crippen molar-refractivity contribution in [2.45, 2.75) is 32.7 Å². The molecule has 10 heteroatoms. The molecule has 4 aromatic rings. The number of aromatic hydroxyl groups is 1. The van der Waals surface area contributed by atoms with Crippen LogP contribution in [0, 0.1) is 18.6 Å². The van der Waals surface area contributed by atoms with Gasteiger partial charge in [-0.05, 0) is 48.7 Å². The molecule has 8 nitrogen and oxygen atoms in total. The summed E-state index contributed by atoms with van der Waals surface area (Å²) in [5.41, 5.74) is 1.21. The highest BCUT2D eigenvalue weighted by Gasteiger charge is 2.34. The van der Waals surface area contributed by atoms with Crippen molar-refractivity contribution in [3.63, 3.8) is 0 Å². The molecule has 42 heavy (non-hydrogen) atoms. The number of aromatic nitrogens is 3. The molecule has 1 N–H and O–H groups in total. The molecular formula is C32H29F2N5O3. The number of amides is 1. The van der Waals surface area contributed by atoms with Gasteiger partial charge in [-0.3, -0.25) is 14.3 Å². The van der Waals surface area contributed by atoms with Gasteiger partial charge in [-0.25, -0.2) is 13.6 Å². The van der Waals surface area contributed by atoms with E-state index in [1.165, 1.54) is 28.8 Å². The molecule has 1 fully saturated rings. The second kappa shape index (κ2) is 10.2. The van der Waals surface area contributed by atoms with Crippen LogP contribution in [0.2, 0.25) is 0 Å². The predicted molar refractivity (Wildman–Crippen MR) is 158 cm³/mol. The lowest BCUT2D eigenvalue weighted by atomic mass is 9.96. The van der Waals surface area contributed by atoms with E-state index in [0.29, 0.717) is 35.4 Å². The van der Waals surface area contributed by atoms with Crippen molar-refractivity contribution >= 4 is 28.7 Å². The molecule has 1 unspecified atom stereocenters. The Hall–Kier alpha value is -4.86. The molecule has 1 atom stereocenters. The molecule has 2 aliphatic heterocycles. The van der Waals surface area contributed by atoms with E-state index in [4.69, 9.17) is 0 Å². The van der Waals surface area contributed by atoms with Crippen molar-refractivity contribution in [1.82, 2.24) is 19.4 Å². The molecule has 2 aliphatic rings. The average Bonchev–Trinajstić information content (AvgIpc) is 3.12. The van der Waals surface area contributed by atoms with Crippen LogP contribution in [0.3, 0.4) is 0 Å². The quantitative estimate of drug-likeness (QED) is 0.344. The van der Waals surface area contributed by atoms with Crippen LogP contribution in [0.25, 0.3) is 33.8 Å². The van der Waals surface area contributed by atoms with Gasteiger partial charge in [0.25, 0.3) is 0 Å². The molecule has 2 aromatic carbocycles. The Morgan fingerprint density at radius 3 is 2.71 bits per heavy atom. The van der Waals surface area contributed by atoms with Gasteiger partial charge in [0.2, 0.25) is 5.91 Å². The van der Waals surface area contributed by atoms with Gasteiger partial charge in [0.1, 0.15) is 23.2 Å². The van der Waals surface area contributed by atoms with E-state index in [1.807, 2.05) is 25.7 Å². The largest absolute Gasteiger partial charge is 0.507 e. The first kappa shape index (κ1) is 27.3. The summed E-state index contributed by atoms with van der Waals surface area (Å²) in [4.78, 5) is 39.0. The van der Waals surface area contributed by atoms with E-state index < -0.39 is 29.1 Å². The Morgan fingerprint density at radius 2 is 2.00 bits per heavy atom. The Kier molecular flexibility index (Phi) is 6.64. The van der Waals surface area contributed by atoms with Crippen molar-refractivity contribution in [1.29, 1.82) is 0 Å². The van der Waals surface area contributed by atoms with Crippen LogP contribution in [-0.2, 0) is 4.79 Å². The molecule has 2 aromatic heterocycles. The van der Waals surface area contributed by atoms with E-state index in [9.17, 15) is 14.7 Å². The highest BCUT2D eigenvalue weighted by molar-refractivity contribution is 6.02. The molecule has 0 spiro atoms. The SMILES string of the molecule is C=CC(=O)N1CCN2c3nc(=O)n(-c4c(C)ccnc4C(C)C)c4cc(-c5c(O)cccc5F)c(F)c(c34)C=CC2C1. The molecule has 0 bridgehead atoms. The molecule has 214 valence electrons. The first-order valence-electron chi connectivity index (χ1n) is 13.7. The number of hydrogen-bond acceptors (Lipinski definition) is 6. The molecular weight excluding hydrogens is 540 g/mol. The zero-order valence-electron chi connectivity index (χ0n) is 23.4. The summed E-state index contributed by atoms with van der Waals surface area (Å²) in [7, 11) is 0. The summed E-state index contributed by atoms with van der Waals surface area (Å²) in [5, 5.41) is 11.0. The number of carbonyl (C=O) groups is 1. The maximum absolute atomic E-state index is 16.5. The molecule has 0 saturated carbocycles. The topological polar surface area (TPSA) is 91.6 Å². The van der Waals surface area contributed by atoms with Gasteiger partial charge in [0, 0.05) is 37.0 Å². The molecule has 1 saturated heterocycles. The number of rotatable bonds is 4. The van der Waals surface area contributed by atoms with Crippen molar-refractivity contribution in [3.8, 4) is 22.6 Å². The molecule has 0 aliphatic carbocycles. The lowest BCUT2D eigenvalue weighted by Crippen LogP contribution is -2.54. The molecule has 4 heterocycles. The number of aryl methyl sites for hydroxylation is 1. The molecule has 6 rings (SSSR count). The third-order valence-electron chi connectivity index (χ3n) is 7.98. The summed E-state index contributed by atoms with van der Waals surface area (Å²) in [6.07, 6.45) is 6.27. The fourth-order valence-electron chi connectivity index (χ4n) is 5.98. The number of carbonyl (C=O) groups excluding carboxylic acids is 1. The van der Waals surface area contributed by atoms with Gasteiger partial charge in [0.15, 0.2) is 0 Å². The van der Waals surface area contributed by atoms with Crippen LogP contribution in [0.4, 0.5) is 14.6 Å². The predicted octanol–water partition coefficient (Wildman–Crippen LogP) is 5.09. The van der Waals surface area contributed by atoms with Gasteiger partial charge in [-0.2, -0.15) is 4.98 Å². The van der Waals surface area contributed by atoms with Crippen LogP contribution >= 0.6 is 0 Å². The van der Waals surface area contributed by atoms with Crippen LogP contribution < -0.4 is 10.6 Å². The average molecular weight is 570 g/mol. The zero-order valence-corrected chi connectivity index (χ0v) is 23.4. The van der Waals surface area contributed by atoms with Gasteiger partial charge < -0.3 is 14.9 Å². The smallest absolute Gasteiger partial charge is 0.354 e. The zero-order chi connectivity index (χ0) is 29.9. The van der Waals surface area contributed by atoms with Crippen molar-refractivity contribution < 1.29 is 18.7 Å². The molecule has 0 radical (unpaired) electrons. The Bertz CT molecular complexity index is 1860. The monoisotopic (exact) mass is 569 g/mol. The molecule has 1 amide bonds. The number of nitrogens with zero attached hydrogens (tertiary/aromatic N) is 5. The second-order valence-corrected chi connectivity index (χ2v) is 10.9. The minimum atomic E-state index is -0.808. The number of anilines is 1. The van der Waals surface area contributed by atoms with Gasteiger partial charge in [-0.15, -0.1) is 0 Å². The second-order valence-electron chi connectivity index (χ2n) is 10.9. The van der Waals surface area contributed by atoms with Crippen LogP contribution in [0.5, 0.6) is 5.75 Å². The number of pyridine rings is 1. The van der Waals surface area contributed by atoms with E-state index in [1.54, 1.807) is 29.3 Å². The number of piperazine rings is 1. The summed E-state index contributed by atoms with van der Waals surface area (Å²) < 4.78 is 33.1. The van der Waals surface area contributed by atoms with Crippen LogP contribution in [0.15, 0.2) is 60.1 Å². The number of phenols is 1. The Balaban J connectivity index is 1.74. The lowest BCUT2D eigenvalue weighted by Gasteiger charge is -2.40. The third kappa shape index (κ3) is 4.17. The van der Waals surface area contributed by atoms with E-state index in [2.05, 4.69) is 16.5 Å². The van der Waals surface area contributed by atoms with E-state index in [0.717, 1.165) is 11.6 Å². The van der Waals surface area contributed by atoms with Gasteiger partial charge in [0.05, 0.1) is 33.9 Å². The van der Waals surface area contributed by atoms with Gasteiger partial charge >= 0.3 is 5.69 Å². The van der Waals surface area contributed by atoms with Crippen LogP contribution in [-0.4, -0.2) is 56.1 Å². The van der Waals surface area contributed by atoms with Crippen molar-refractivity contribution in [2.75, 3.05) is 24.5 Å². The summed E-state index contributed by atoms with van der Waals surface area (Å²) in [5.74, 6) is -2.02. The fourth-order valence-corrected chi connectivity index (χ4v) is 5.98. The van der Waals surface area contributed by atoms with Gasteiger partial charge in [-0.1, -0.05) is 38.6 Å². The standard InChI is InChI=1S/C32H29F2N5O3/c1-5-25(41)37-13-14-38-19(16-37)9-10-20-27-23(15-21(28(20)34)26-22(33)7-6-8-24(26)40)39(32(42)36-31(27)38)30-18(4)11-12-35-29(30)17(2)3/h5-12,15,17,19,40H,1,13-14,16H2,2-4H3. The number of hydrogen-bond donors (Lipinski definition) is 1. The Labute approximate surface area is 240 Å². The number of benzene rings is 2. The maximum atomic E-state index is 16.5. The van der Waals surface area contributed by atoms with E-state index >= 15 is 8.78 Å². The summed E-state index contributed by atoms with van der Waals surface area (Å²) >= 11 is 0. The number of fused-ring (bicyclic) bond motifs is 2. The summed E-state index contributed by atoms with van der Waals surface area (Å²) in [6.45, 7) is 10.3. The first-order valence-corrected chi connectivity index (χ1v) is 13.7. The van der Waals surface area contributed by atoms with Crippen LogP contribution in [0.1, 0.15) is 36.6 Å². The fraction of sp³-hybridized carbons (Fsp3) is 0.250. The first-order chi connectivity index (χ1) is 20.1. The lowest BCUT2D eigenvalue weighted by molar-refractivity contribution is -0.126. The number of halogens is 2. The maximum Gasteiger partial charge on any atom is 0.354 e.